The minimum Gasteiger partial charge on any atom is -0.426 e. The van der Waals surface area contributed by atoms with Gasteiger partial charge < -0.3 is 9.47 Å². The van der Waals surface area contributed by atoms with Crippen LogP contribution in [0.3, 0.4) is 0 Å². The molecule has 1 spiro atoms. The fourth-order valence-corrected chi connectivity index (χ4v) is 6.39. The van der Waals surface area contributed by atoms with E-state index in [0.717, 1.165) is 25.0 Å². The van der Waals surface area contributed by atoms with E-state index in [2.05, 4.69) is 42.5 Å². The number of rotatable bonds is 1. The second kappa shape index (κ2) is 5.56. The molecule has 0 radical (unpaired) electrons. The first-order chi connectivity index (χ1) is 13.3. The smallest absolute Gasteiger partial charge is 0.318 e. The zero-order valence-corrected chi connectivity index (χ0v) is 15.2. The van der Waals surface area contributed by atoms with Crippen LogP contribution in [0.1, 0.15) is 42.2 Å². The Morgan fingerprint density at radius 1 is 0.926 bits per heavy atom. The van der Waals surface area contributed by atoms with Crippen molar-refractivity contribution in [3.63, 3.8) is 0 Å². The number of para-hydroxylation sites is 1. The molecule has 2 aromatic carbocycles. The summed E-state index contributed by atoms with van der Waals surface area (Å²) in [7, 11) is 0. The number of carbonyl (C=O) groups excluding carboxylic acids is 1. The lowest BCUT2D eigenvalue weighted by Crippen LogP contribution is -2.51. The topological polar surface area (TPSA) is 35.5 Å². The van der Waals surface area contributed by atoms with Gasteiger partial charge in [0, 0.05) is 17.4 Å². The molecule has 2 aromatic rings. The summed E-state index contributed by atoms with van der Waals surface area (Å²) in [6.07, 6.45) is 3.07. The van der Waals surface area contributed by atoms with Gasteiger partial charge in [0.05, 0.1) is 18.6 Å². The molecular formula is C24H22O3. The second-order valence-electron chi connectivity index (χ2n) is 8.33. The lowest BCUT2D eigenvalue weighted by Gasteiger charge is -2.50. The van der Waals surface area contributed by atoms with Gasteiger partial charge in [-0.15, -0.1) is 0 Å². The molecule has 4 atom stereocenters. The molecule has 6 rings (SSSR count). The maximum atomic E-state index is 13.5. The molecule has 0 unspecified atom stereocenters. The summed E-state index contributed by atoms with van der Waals surface area (Å²) in [6.45, 7) is 1.33. The summed E-state index contributed by atoms with van der Waals surface area (Å²) >= 11 is 0. The third-order valence-electron chi connectivity index (χ3n) is 7.31. The van der Waals surface area contributed by atoms with E-state index in [1.807, 2.05) is 12.1 Å². The van der Waals surface area contributed by atoms with E-state index in [1.54, 1.807) is 0 Å². The third kappa shape index (κ3) is 1.93. The van der Waals surface area contributed by atoms with Gasteiger partial charge in [0.15, 0.2) is 0 Å². The number of ether oxygens (including phenoxy) is 2. The number of fused-ring (bicyclic) bond motifs is 3. The number of hydrogen-bond acceptors (Lipinski definition) is 3. The highest BCUT2D eigenvalue weighted by Gasteiger charge is 2.64. The highest BCUT2D eigenvalue weighted by molar-refractivity contribution is 5.86. The first-order valence-corrected chi connectivity index (χ1v) is 9.96. The molecule has 2 aliphatic heterocycles. The molecule has 2 heterocycles. The van der Waals surface area contributed by atoms with Crippen molar-refractivity contribution in [2.24, 2.45) is 11.3 Å². The average Bonchev–Trinajstić information content (AvgIpc) is 3.34. The summed E-state index contributed by atoms with van der Waals surface area (Å²) in [5.74, 6) is 1.38. The Balaban J connectivity index is 1.64. The van der Waals surface area contributed by atoms with E-state index in [0.29, 0.717) is 13.2 Å². The molecule has 1 fully saturated rings. The molecule has 0 saturated heterocycles. The van der Waals surface area contributed by atoms with Gasteiger partial charge in [0.2, 0.25) is 0 Å². The molecule has 3 nitrogen and oxygen atoms in total. The molecule has 4 aliphatic rings. The predicted octanol–water partition coefficient (Wildman–Crippen LogP) is 4.60. The summed E-state index contributed by atoms with van der Waals surface area (Å²) in [5, 5.41) is 0. The van der Waals surface area contributed by atoms with Crippen molar-refractivity contribution in [2.45, 2.75) is 31.1 Å². The van der Waals surface area contributed by atoms with Crippen LogP contribution in [-0.2, 0) is 9.53 Å². The van der Waals surface area contributed by atoms with Crippen molar-refractivity contribution in [1.29, 1.82) is 0 Å². The number of carbonyl (C=O) groups is 1. The van der Waals surface area contributed by atoms with Gasteiger partial charge in [-0.25, -0.2) is 0 Å². The largest absolute Gasteiger partial charge is 0.426 e. The van der Waals surface area contributed by atoms with Crippen LogP contribution in [0, 0.1) is 11.3 Å². The summed E-state index contributed by atoms with van der Waals surface area (Å²) in [5.41, 5.74) is 4.80. The normalized spacial score (nSPS) is 33.8. The van der Waals surface area contributed by atoms with Gasteiger partial charge >= 0.3 is 5.97 Å². The van der Waals surface area contributed by atoms with Crippen molar-refractivity contribution in [3.05, 3.63) is 76.9 Å². The van der Waals surface area contributed by atoms with E-state index in [1.165, 1.54) is 22.3 Å². The van der Waals surface area contributed by atoms with Crippen LogP contribution >= 0.6 is 0 Å². The van der Waals surface area contributed by atoms with Gasteiger partial charge in [-0.3, -0.25) is 4.79 Å². The van der Waals surface area contributed by atoms with Crippen LogP contribution in [0.4, 0.5) is 0 Å². The molecule has 0 amide bonds. The SMILES string of the molecule is O=C1Oc2ccccc2[C@H]2C3=C(COC3)[C@@H](c3ccccc3)[C@@H]3CCC[C@]123. The number of benzene rings is 2. The Morgan fingerprint density at radius 3 is 2.59 bits per heavy atom. The molecule has 2 aliphatic carbocycles. The Morgan fingerprint density at radius 2 is 1.70 bits per heavy atom. The van der Waals surface area contributed by atoms with Gasteiger partial charge in [-0.1, -0.05) is 55.0 Å². The molecule has 3 heteroatoms. The van der Waals surface area contributed by atoms with Crippen LogP contribution in [0.2, 0.25) is 0 Å². The van der Waals surface area contributed by atoms with Gasteiger partial charge in [-0.2, -0.15) is 0 Å². The minimum atomic E-state index is -0.443. The van der Waals surface area contributed by atoms with Crippen LogP contribution in [0.25, 0.3) is 0 Å². The minimum absolute atomic E-state index is 0.0203. The predicted molar refractivity (Wildman–Crippen MR) is 102 cm³/mol. The van der Waals surface area contributed by atoms with Crippen molar-refractivity contribution in [3.8, 4) is 5.75 Å². The second-order valence-corrected chi connectivity index (χ2v) is 8.33. The van der Waals surface area contributed by atoms with E-state index in [4.69, 9.17) is 9.47 Å². The Hall–Kier alpha value is -2.39. The van der Waals surface area contributed by atoms with Gasteiger partial charge in [-0.05, 0) is 41.5 Å². The van der Waals surface area contributed by atoms with Crippen LogP contribution in [0.5, 0.6) is 5.75 Å². The third-order valence-corrected chi connectivity index (χ3v) is 7.31. The molecule has 0 aromatic heterocycles. The molecule has 27 heavy (non-hydrogen) atoms. The van der Waals surface area contributed by atoms with Crippen LogP contribution < -0.4 is 4.74 Å². The lowest BCUT2D eigenvalue weighted by atomic mass is 9.53. The number of esters is 1. The van der Waals surface area contributed by atoms with E-state index >= 15 is 0 Å². The maximum absolute atomic E-state index is 13.5. The fourth-order valence-electron chi connectivity index (χ4n) is 6.39. The fraction of sp³-hybridized carbons (Fsp3) is 0.375. The van der Waals surface area contributed by atoms with Crippen LogP contribution in [0.15, 0.2) is 65.7 Å². The summed E-state index contributed by atoms with van der Waals surface area (Å²) in [4.78, 5) is 13.5. The van der Waals surface area contributed by atoms with Gasteiger partial charge in [0.1, 0.15) is 5.75 Å². The summed E-state index contributed by atoms with van der Waals surface area (Å²) < 4.78 is 11.9. The molecule has 136 valence electrons. The number of hydrogen-bond donors (Lipinski definition) is 0. The average molecular weight is 358 g/mol. The molecular weight excluding hydrogens is 336 g/mol. The zero-order valence-electron chi connectivity index (χ0n) is 15.2. The highest BCUT2D eigenvalue weighted by Crippen LogP contribution is 2.68. The first kappa shape index (κ1) is 15.6. The van der Waals surface area contributed by atoms with Crippen molar-refractivity contribution in [2.75, 3.05) is 13.2 Å². The van der Waals surface area contributed by atoms with Crippen molar-refractivity contribution >= 4 is 5.97 Å². The maximum Gasteiger partial charge on any atom is 0.318 e. The quantitative estimate of drug-likeness (QED) is 0.425. The van der Waals surface area contributed by atoms with E-state index in [9.17, 15) is 4.79 Å². The van der Waals surface area contributed by atoms with E-state index < -0.39 is 5.41 Å². The monoisotopic (exact) mass is 358 g/mol. The standard InChI is InChI=1S/C24H22O3/c25-23-24-12-6-10-19(24)21(15-7-2-1-3-8-15)17-13-26-14-18(17)22(24)16-9-4-5-11-20(16)27-23/h1-5,7-9,11,19,21-22H,6,10,12-14H2/t19-,21+,22-,24+/m0/s1. The summed E-state index contributed by atoms with van der Waals surface area (Å²) in [6, 6.07) is 18.8. The lowest BCUT2D eigenvalue weighted by molar-refractivity contribution is -0.152. The van der Waals surface area contributed by atoms with Crippen LogP contribution in [-0.4, -0.2) is 19.2 Å². The molecule has 0 N–H and O–H groups in total. The highest BCUT2D eigenvalue weighted by atomic mass is 16.5. The van der Waals surface area contributed by atoms with E-state index in [-0.39, 0.29) is 23.7 Å². The van der Waals surface area contributed by atoms with Gasteiger partial charge in [0.25, 0.3) is 0 Å². The first-order valence-electron chi connectivity index (χ1n) is 9.96. The Labute approximate surface area is 159 Å². The Kier molecular flexibility index (Phi) is 3.22. The molecule has 1 saturated carbocycles. The molecule has 0 bridgehead atoms. The Bertz CT molecular complexity index is 961. The van der Waals surface area contributed by atoms with Crippen molar-refractivity contribution < 1.29 is 14.3 Å². The zero-order chi connectivity index (χ0) is 18.0. The van der Waals surface area contributed by atoms with Crippen molar-refractivity contribution in [1.82, 2.24) is 0 Å².